The second-order valence-corrected chi connectivity index (χ2v) is 3.21. The zero-order valence-electron chi connectivity index (χ0n) is 5.19. The van der Waals surface area contributed by atoms with Crippen LogP contribution in [0.25, 0.3) is 0 Å². The van der Waals surface area contributed by atoms with Crippen molar-refractivity contribution in [3.63, 3.8) is 0 Å². The van der Waals surface area contributed by atoms with E-state index >= 15 is 0 Å². The largest absolute Gasteiger partial charge is 0.550 e. The predicted octanol–water partition coefficient (Wildman–Crippen LogP) is 0.144. The van der Waals surface area contributed by atoms with Gasteiger partial charge < -0.3 is 9.90 Å². The first-order chi connectivity index (χ1) is 4.09. The van der Waals surface area contributed by atoms with Gasteiger partial charge in [0.1, 0.15) is 0 Å². The topological polar surface area (TPSA) is 40.1 Å². The Hall–Kier alpha value is -0.240. The van der Waals surface area contributed by atoms with Gasteiger partial charge in [-0.25, -0.2) is 0 Å². The molecule has 1 unspecified atom stereocenters. The second kappa shape index (κ2) is 1.87. The van der Waals surface area contributed by atoms with Crippen molar-refractivity contribution in [3.05, 3.63) is 0 Å². The van der Waals surface area contributed by atoms with Crippen molar-refractivity contribution in [2.75, 3.05) is 0 Å². The molecule has 0 aliphatic heterocycles. The number of carboxylic acid groups (broad SMARTS) is 1. The Labute approximate surface area is 58.8 Å². The molecular weight excluding hydrogens is 140 g/mol. The molecule has 52 valence electrons. The zero-order chi connectivity index (χ0) is 7.07. The molecule has 0 bridgehead atoms. The van der Waals surface area contributed by atoms with Crippen LogP contribution in [0.3, 0.4) is 0 Å². The quantitative estimate of drug-likeness (QED) is 0.522. The lowest BCUT2D eigenvalue weighted by atomic mass is 10.0. The third kappa shape index (κ3) is 0.917. The van der Waals surface area contributed by atoms with Gasteiger partial charge in [0, 0.05) is 16.8 Å². The number of carboxylic acids is 1. The first-order valence-corrected chi connectivity index (χ1v) is 3.39. The van der Waals surface area contributed by atoms with Gasteiger partial charge in [0.25, 0.3) is 0 Å². The molecule has 1 atom stereocenters. The third-order valence-corrected chi connectivity index (χ3v) is 2.37. The number of halogens is 1. The molecule has 1 saturated carbocycles. The summed E-state index contributed by atoms with van der Waals surface area (Å²) < 4.78 is 0. The third-order valence-electron chi connectivity index (χ3n) is 1.96. The fourth-order valence-corrected chi connectivity index (χ4v) is 1.21. The molecule has 3 heteroatoms. The van der Waals surface area contributed by atoms with Gasteiger partial charge in [-0.2, -0.15) is 0 Å². The van der Waals surface area contributed by atoms with Crippen LogP contribution in [-0.2, 0) is 4.79 Å². The van der Waals surface area contributed by atoms with Gasteiger partial charge in [0.15, 0.2) is 0 Å². The maximum Gasteiger partial charge on any atom is 0.0490 e. The van der Waals surface area contributed by atoms with Crippen LogP contribution in [0.15, 0.2) is 0 Å². The first-order valence-electron chi connectivity index (χ1n) is 2.95. The molecule has 9 heavy (non-hydrogen) atoms. The van der Waals surface area contributed by atoms with Gasteiger partial charge in [-0.15, -0.1) is 11.6 Å². The summed E-state index contributed by atoms with van der Waals surface area (Å²) in [6.07, 6.45) is 1.36. The minimum Gasteiger partial charge on any atom is -0.550 e. The molecule has 0 heterocycles. The highest BCUT2D eigenvalue weighted by Crippen LogP contribution is 2.50. The number of aliphatic carboxylic acids is 1. The molecule has 0 aromatic rings. The van der Waals surface area contributed by atoms with E-state index in [4.69, 9.17) is 11.6 Å². The summed E-state index contributed by atoms with van der Waals surface area (Å²) in [5, 5.41) is 10.0. The van der Waals surface area contributed by atoms with Gasteiger partial charge >= 0.3 is 0 Å². The van der Waals surface area contributed by atoms with E-state index in [1.165, 1.54) is 0 Å². The fraction of sp³-hybridized carbons (Fsp3) is 0.833. The lowest BCUT2D eigenvalue weighted by Gasteiger charge is -2.17. The van der Waals surface area contributed by atoms with E-state index < -0.39 is 11.4 Å². The van der Waals surface area contributed by atoms with Crippen LogP contribution in [0.1, 0.15) is 19.8 Å². The van der Waals surface area contributed by atoms with Crippen molar-refractivity contribution < 1.29 is 9.90 Å². The highest BCUT2D eigenvalue weighted by Gasteiger charge is 2.48. The van der Waals surface area contributed by atoms with Crippen LogP contribution < -0.4 is 5.11 Å². The second-order valence-electron chi connectivity index (χ2n) is 2.56. The highest BCUT2D eigenvalue weighted by molar-refractivity contribution is 6.22. The van der Waals surface area contributed by atoms with Crippen LogP contribution in [0.2, 0.25) is 0 Å². The SMILES string of the molecule is CC(Cl)C1(C(=O)[O-])CC1. The number of alkyl halides is 1. The maximum atomic E-state index is 10.3. The number of rotatable bonds is 2. The van der Waals surface area contributed by atoms with Crippen molar-refractivity contribution in [1.82, 2.24) is 0 Å². The Balaban J connectivity index is 2.63. The molecular formula is C6H8ClO2-. The Morgan fingerprint density at radius 2 is 2.22 bits per heavy atom. The predicted molar refractivity (Wildman–Crippen MR) is 32.0 cm³/mol. The van der Waals surface area contributed by atoms with Crippen molar-refractivity contribution >= 4 is 17.6 Å². The summed E-state index contributed by atoms with van der Waals surface area (Å²) >= 11 is 5.61. The van der Waals surface area contributed by atoms with Crippen LogP contribution in [-0.4, -0.2) is 11.3 Å². The van der Waals surface area contributed by atoms with E-state index in [2.05, 4.69) is 0 Å². The lowest BCUT2D eigenvalue weighted by molar-refractivity contribution is -0.313. The average molecular weight is 148 g/mol. The number of carbonyl (C=O) groups is 1. The molecule has 0 N–H and O–H groups in total. The van der Waals surface area contributed by atoms with Crippen LogP contribution in [0.5, 0.6) is 0 Å². The molecule has 0 aromatic heterocycles. The Morgan fingerprint density at radius 1 is 1.78 bits per heavy atom. The van der Waals surface area contributed by atoms with Crippen LogP contribution in [0, 0.1) is 5.41 Å². The molecule has 2 nitrogen and oxygen atoms in total. The van der Waals surface area contributed by atoms with E-state index in [0.29, 0.717) is 12.8 Å². The Bertz CT molecular complexity index is 138. The summed E-state index contributed by atoms with van der Waals surface area (Å²) in [4.78, 5) is 10.3. The van der Waals surface area contributed by atoms with E-state index in [0.717, 1.165) is 0 Å². The summed E-state index contributed by atoms with van der Waals surface area (Å²) in [7, 11) is 0. The first kappa shape index (κ1) is 6.87. The molecule has 1 fully saturated rings. The van der Waals surface area contributed by atoms with Gasteiger partial charge in [0.2, 0.25) is 0 Å². The molecule has 1 rings (SSSR count). The molecule has 0 amide bonds. The molecule has 0 saturated heterocycles. The summed E-state index contributed by atoms with van der Waals surface area (Å²) in [5.74, 6) is -0.995. The zero-order valence-corrected chi connectivity index (χ0v) is 5.94. The molecule has 0 radical (unpaired) electrons. The van der Waals surface area contributed by atoms with Crippen molar-refractivity contribution in [2.45, 2.75) is 25.1 Å². The monoisotopic (exact) mass is 147 g/mol. The van der Waals surface area contributed by atoms with Gasteiger partial charge in [-0.3, -0.25) is 0 Å². The Kier molecular flexibility index (Phi) is 1.43. The average Bonchev–Trinajstić information content (AvgIpc) is 2.40. The molecule has 1 aliphatic rings. The maximum absolute atomic E-state index is 10.3. The standard InChI is InChI=1S/C6H9ClO2/c1-4(7)6(2-3-6)5(8)9/h4H,2-3H2,1H3,(H,8,9)/p-1. The van der Waals surface area contributed by atoms with Gasteiger partial charge in [-0.05, 0) is 19.8 Å². The van der Waals surface area contributed by atoms with E-state index in [1.807, 2.05) is 0 Å². The number of hydrogen-bond donors (Lipinski definition) is 0. The highest BCUT2D eigenvalue weighted by atomic mass is 35.5. The van der Waals surface area contributed by atoms with Gasteiger partial charge in [-0.1, -0.05) is 0 Å². The number of carbonyl (C=O) groups excluding carboxylic acids is 1. The van der Waals surface area contributed by atoms with E-state index in [1.54, 1.807) is 6.92 Å². The summed E-state index contributed by atoms with van der Waals surface area (Å²) in [6.45, 7) is 1.70. The molecule has 1 aliphatic carbocycles. The van der Waals surface area contributed by atoms with Crippen molar-refractivity contribution in [1.29, 1.82) is 0 Å². The van der Waals surface area contributed by atoms with E-state index in [9.17, 15) is 9.90 Å². The van der Waals surface area contributed by atoms with Crippen molar-refractivity contribution in [2.24, 2.45) is 5.41 Å². The summed E-state index contributed by atoms with van der Waals surface area (Å²) in [6, 6.07) is 0. The normalized spacial score (nSPS) is 25.1. The van der Waals surface area contributed by atoms with Gasteiger partial charge in [0.05, 0.1) is 0 Å². The lowest BCUT2D eigenvalue weighted by Crippen LogP contribution is -2.37. The Morgan fingerprint density at radius 3 is 2.22 bits per heavy atom. The smallest absolute Gasteiger partial charge is 0.0490 e. The van der Waals surface area contributed by atoms with Crippen molar-refractivity contribution in [3.8, 4) is 0 Å². The minimum atomic E-state index is -0.995. The molecule has 0 spiro atoms. The summed E-state index contributed by atoms with van der Waals surface area (Å²) in [5.41, 5.74) is -0.679. The minimum absolute atomic E-state index is 0.289. The van der Waals surface area contributed by atoms with E-state index in [-0.39, 0.29) is 5.38 Å². The fourth-order valence-electron chi connectivity index (χ4n) is 0.899. The number of hydrogen-bond acceptors (Lipinski definition) is 2. The van der Waals surface area contributed by atoms with Crippen LogP contribution in [0.4, 0.5) is 0 Å². The molecule has 0 aromatic carbocycles. The van der Waals surface area contributed by atoms with Crippen LogP contribution >= 0.6 is 11.6 Å².